The summed E-state index contributed by atoms with van der Waals surface area (Å²) in [4.78, 5) is 6.30. The van der Waals surface area contributed by atoms with Crippen LogP contribution in [0.1, 0.15) is 79.3 Å². The molecule has 61 heavy (non-hydrogen) atoms. The normalized spacial score (nSPS) is 15.9. The highest BCUT2D eigenvalue weighted by Gasteiger charge is 2.42. The average molecular weight is 787 g/mol. The van der Waals surface area contributed by atoms with Crippen molar-refractivity contribution in [2.24, 2.45) is 0 Å². The number of hydrogen-bond acceptors (Lipinski definition) is 2. The van der Waals surface area contributed by atoms with Crippen molar-refractivity contribution in [1.29, 1.82) is 0 Å². The van der Waals surface area contributed by atoms with Gasteiger partial charge in [0, 0.05) is 55.8 Å². The zero-order chi connectivity index (χ0) is 40.5. The van der Waals surface area contributed by atoms with Crippen molar-refractivity contribution in [2.75, 3.05) is 4.90 Å². The highest BCUT2D eigenvalue weighted by Crippen LogP contribution is 2.55. The van der Waals surface area contributed by atoms with E-state index in [4.69, 9.17) is 4.42 Å². The molecule has 0 atom stereocenters. The first-order chi connectivity index (χ1) is 30.0. The monoisotopic (exact) mass is 786 g/mol. The van der Waals surface area contributed by atoms with E-state index < -0.39 is 0 Å². The molecule has 3 aliphatic carbocycles. The van der Waals surface area contributed by atoms with Crippen LogP contribution in [0.5, 0.6) is 0 Å². The van der Waals surface area contributed by atoms with E-state index in [0.29, 0.717) is 0 Å². The lowest BCUT2D eigenvalue weighted by molar-refractivity contribution is 0.338. The van der Waals surface area contributed by atoms with E-state index in [0.717, 1.165) is 39.7 Å². The van der Waals surface area contributed by atoms with Gasteiger partial charge in [-0.15, -0.1) is 0 Å². The molecule has 2 aromatic heterocycles. The van der Waals surface area contributed by atoms with Crippen LogP contribution in [0.25, 0.3) is 66.0 Å². The Balaban J connectivity index is 0.973. The lowest BCUT2D eigenvalue weighted by Gasteiger charge is -2.45. The van der Waals surface area contributed by atoms with Gasteiger partial charge in [0.2, 0.25) is 0 Å². The SMILES string of the molecule is CC1(C)c2ccccc2-c2cc3c(cc21)[nH]c1ccc(-c2ccc(N(c4cccc5c4Cc4ccccc4C54CCCCC4)c4cccc5oc6ccccc6c45)cc2)cc13. The highest BCUT2D eigenvalue weighted by molar-refractivity contribution is 6.14. The van der Waals surface area contributed by atoms with Crippen LogP contribution >= 0.6 is 0 Å². The fourth-order valence-electron chi connectivity index (χ4n) is 12.0. The van der Waals surface area contributed by atoms with Gasteiger partial charge in [0.1, 0.15) is 11.2 Å². The van der Waals surface area contributed by atoms with Gasteiger partial charge >= 0.3 is 0 Å². The maximum Gasteiger partial charge on any atom is 0.137 e. The molecule has 0 radical (unpaired) electrons. The molecule has 1 spiro atoms. The molecule has 8 aromatic carbocycles. The zero-order valence-corrected chi connectivity index (χ0v) is 34.7. The van der Waals surface area contributed by atoms with E-state index in [1.807, 2.05) is 0 Å². The summed E-state index contributed by atoms with van der Waals surface area (Å²) in [6.45, 7) is 4.71. The number of anilines is 3. The molecule has 3 heteroatoms. The van der Waals surface area contributed by atoms with Crippen LogP contribution < -0.4 is 4.90 Å². The topological polar surface area (TPSA) is 32.2 Å². The quantitative estimate of drug-likeness (QED) is 0.193. The number of rotatable bonds is 4. The number of furan rings is 1. The van der Waals surface area contributed by atoms with Crippen LogP contribution in [0, 0.1) is 0 Å². The second kappa shape index (κ2) is 12.8. The minimum absolute atomic E-state index is 0.0325. The fourth-order valence-corrected chi connectivity index (χ4v) is 12.0. The van der Waals surface area contributed by atoms with E-state index in [1.54, 1.807) is 5.56 Å². The molecule has 3 nitrogen and oxygen atoms in total. The van der Waals surface area contributed by atoms with Crippen LogP contribution in [0.3, 0.4) is 0 Å². The molecule has 0 bridgehead atoms. The molecule has 0 unspecified atom stereocenters. The Morgan fingerprint density at radius 1 is 0.508 bits per heavy atom. The average Bonchev–Trinajstić information content (AvgIpc) is 3.94. The van der Waals surface area contributed by atoms with Gasteiger partial charge in [-0.05, 0) is 129 Å². The van der Waals surface area contributed by atoms with E-state index in [9.17, 15) is 0 Å². The molecule has 294 valence electrons. The number of aromatic nitrogens is 1. The van der Waals surface area contributed by atoms with Gasteiger partial charge < -0.3 is 14.3 Å². The lowest BCUT2D eigenvalue weighted by atomic mass is 9.60. The highest BCUT2D eigenvalue weighted by atomic mass is 16.3. The maximum absolute atomic E-state index is 6.52. The summed E-state index contributed by atoms with van der Waals surface area (Å²) in [5, 5.41) is 4.82. The van der Waals surface area contributed by atoms with Crippen molar-refractivity contribution < 1.29 is 4.42 Å². The first-order valence-corrected chi connectivity index (χ1v) is 22.2. The van der Waals surface area contributed by atoms with Gasteiger partial charge in [0.25, 0.3) is 0 Å². The van der Waals surface area contributed by atoms with Gasteiger partial charge in [-0.25, -0.2) is 0 Å². The van der Waals surface area contributed by atoms with Crippen molar-refractivity contribution in [2.45, 2.75) is 63.2 Å². The Morgan fingerprint density at radius 3 is 2.10 bits per heavy atom. The van der Waals surface area contributed by atoms with Crippen molar-refractivity contribution in [3.8, 4) is 22.3 Å². The third kappa shape index (κ3) is 4.98. The number of H-pyrrole nitrogens is 1. The van der Waals surface area contributed by atoms with E-state index in [2.05, 4.69) is 188 Å². The van der Waals surface area contributed by atoms with Gasteiger partial charge in [-0.1, -0.05) is 136 Å². The minimum atomic E-state index is -0.0325. The summed E-state index contributed by atoms with van der Waals surface area (Å²) in [5.41, 5.74) is 21.6. The largest absolute Gasteiger partial charge is 0.456 e. The standard InChI is InChI=1S/C58H46N2O/c1-57(2)47-18-8-5-15-40(47)42-34-44-43-32-37(26-29-50(43)59-51(44)35-49(42)57)36-24-27-39(28-25-36)60(53-21-13-23-55-56(53)41-16-6-9-22-54(41)61-55)52-20-12-19-48-45(52)33-38-14-4-7-17-46(38)58(48)30-10-3-11-31-58/h4-9,12-29,32,34-35,59H,3,10-11,30-31,33H2,1-2H3. The number of aromatic amines is 1. The molecule has 1 fully saturated rings. The first-order valence-electron chi connectivity index (χ1n) is 22.2. The summed E-state index contributed by atoms with van der Waals surface area (Å²) in [6.07, 6.45) is 7.16. The van der Waals surface area contributed by atoms with Crippen LogP contribution in [-0.4, -0.2) is 4.98 Å². The van der Waals surface area contributed by atoms with Crippen LogP contribution in [0.4, 0.5) is 17.1 Å². The number of para-hydroxylation sites is 1. The Kier molecular flexibility index (Phi) is 7.36. The van der Waals surface area contributed by atoms with Crippen LogP contribution in [0.2, 0.25) is 0 Å². The van der Waals surface area contributed by atoms with Gasteiger partial charge in [-0.3, -0.25) is 0 Å². The molecule has 1 N–H and O–H groups in total. The van der Waals surface area contributed by atoms with Crippen molar-refractivity contribution >= 4 is 60.8 Å². The summed E-state index contributed by atoms with van der Waals surface area (Å²) < 4.78 is 6.52. The second-order valence-corrected chi connectivity index (χ2v) is 18.4. The summed E-state index contributed by atoms with van der Waals surface area (Å²) in [5.74, 6) is 0. The summed E-state index contributed by atoms with van der Waals surface area (Å²) in [6, 6.07) is 61.4. The van der Waals surface area contributed by atoms with Crippen LogP contribution in [0.15, 0.2) is 168 Å². The molecule has 1 saturated carbocycles. The number of fused-ring (bicyclic) bond motifs is 13. The Hall–Kier alpha value is -6.84. The van der Waals surface area contributed by atoms with E-state index in [1.165, 1.54) is 110 Å². The Labute approximate surface area is 356 Å². The molecule has 3 aliphatic rings. The molecule has 0 saturated heterocycles. The number of benzene rings is 8. The fraction of sp³-hybridized carbons (Fsp3) is 0.172. The predicted molar refractivity (Wildman–Crippen MR) is 254 cm³/mol. The maximum atomic E-state index is 6.52. The van der Waals surface area contributed by atoms with Crippen molar-refractivity contribution in [3.63, 3.8) is 0 Å². The number of nitrogens with one attached hydrogen (secondary N) is 1. The zero-order valence-electron chi connectivity index (χ0n) is 34.7. The molecule has 0 aliphatic heterocycles. The number of hydrogen-bond donors (Lipinski definition) is 1. The van der Waals surface area contributed by atoms with Gasteiger partial charge in [0.15, 0.2) is 0 Å². The summed E-state index contributed by atoms with van der Waals surface area (Å²) >= 11 is 0. The summed E-state index contributed by atoms with van der Waals surface area (Å²) in [7, 11) is 0. The third-order valence-corrected chi connectivity index (χ3v) is 14.9. The van der Waals surface area contributed by atoms with Crippen molar-refractivity contribution in [1.82, 2.24) is 4.98 Å². The van der Waals surface area contributed by atoms with Gasteiger partial charge in [0.05, 0.1) is 11.1 Å². The molecular weight excluding hydrogens is 741 g/mol. The van der Waals surface area contributed by atoms with Crippen LogP contribution in [-0.2, 0) is 17.3 Å². The van der Waals surface area contributed by atoms with E-state index >= 15 is 0 Å². The molecule has 2 heterocycles. The minimum Gasteiger partial charge on any atom is -0.456 e. The predicted octanol–water partition coefficient (Wildman–Crippen LogP) is 15.8. The van der Waals surface area contributed by atoms with Crippen molar-refractivity contribution in [3.05, 3.63) is 197 Å². The Bertz CT molecular complexity index is 3410. The first kappa shape index (κ1) is 35.0. The van der Waals surface area contributed by atoms with Gasteiger partial charge in [-0.2, -0.15) is 0 Å². The second-order valence-electron chi connectivity index (χ2n) is 18.4. The molecule has 10 aromatic rings. The molecular formula is C58H46N2O. The Morgan fingerprint density at radius 2 is 1.21 bits per heavy atom. The number of nitrogens with zero attached hydrogens (tertiary/aromatic N) is 1. The molecule has 13 rings (SSSR count). The van der Waals surface area contributed by atoms with E-state index in [-0.39, 0.29) is 10.8 Å². The smallest absolute Gasteiger partial charge is 0.137 e. The lowest BCUT2D eigenvalue weighted by Crippen LogP contribution is -2.36. The third-order valence-electron chi connectivity index (χ3n) is 14.9. The molecule has 0 amide bonds.